The van der Waals surface area contributed by atoms with Gasteiger partial charge in [0.2, 0.25) is 0 Å². The van der Waals surface area contributed by atoms with E-state index in [1.165, 1.54) is 98.4 Å². The molecule has 0 aliphatic heterocycles. The molecular formula is C102H148N8O30Si4. The average molecular weight is 2080 g/mol. The van der Waals surface area contributed by atoms with Gasteiger partial charge in [0.15, 0.2) is 33.3 Å². The molecule has 42 heteroatoms. The molecule has 0 bridgehead atoms. The number of carboxylic acid groups (broad SMARTS) is 4. The van der Waals surface area contributed by atoms with Gasteiger partial charge in [-0.15, -0.1) is 0 Å². The highest BCUT2D eigenvalue weighted by atomic mass is 28.4. The number of benzene rings is 8. The smallest absolute Gasteiger partial charge is 0.338 e. The van der Waals surface area contributed by atoms with Gasteiger partial charge in [-0.25, -0.2) is 53.8 Å². The van der Waals surface area contributed by atoms with Crippen LogP contribution in [0.5, 0.6) is 0 Å². The van der Waals surface area contributed by atoms with E-state index in [0.29, 0.717) is 80.3 Å². The minimum Gasteiger partial charge on any atom is -0.478 e. The summed E-state index contributed by atoms with van der Waals surface area (Å²) >= 11 is 0. The molecule has 0 radical (unpaired) electrons. The Labute approximate surface area is 846 Å². The summed E-state index contributed by atoms with van der Waals surface area (Å²) in [4.78, 5) is 142. The average Bonchev–Trinajstić information content (AvgIpc) is 0.796. The number of nitrogens with two attached hydrogens (primary N) is 4. The molecule has 8 aromatic rings. The summed E-state index contributed by atoms with van der Waals surface area (Å²) in [5.41, 5.74) is 33.5. The zero-order valence-corrected chi connectivity index (χ0v) is 89.9. The van der Waals surface area contributed by atoms with Crippen LogP contribution in [-0.4, -0.2) is 202 Å². The maximum Gasteiger partial charge on any atom is 0.338 e. The lowest BCUT2D eigenvalue weighted by atomic mass is 9.95. The number of hydroxylamine groups is 1. The molecule has 38 nitrogen and oxygen atoms in total. The van der Waals surface area contributed by atoms with Crippen molar-refractivity contribution in [3.05, 3.63) is 223 Å². The second-order valence-electron chi connectivity index (χ2n) is 36.3. The molecular weight excluding hydrogens is 1930 g/mol. The van der Waals surface area contributed by atoms with Gasteiger partial charge in [0.1, 0.15) is 52.9 Å². The predicted molar refractivity (Wildman–Crippen MR) is 560 cm³/mol. The number of aromatic carboxylic acids is 4. The molecule has 0 saturated heterocycles. The third-order valence-corrected chi connectivity index (χ3v) is 36.7. The Morgan fingerprint density at radius 2 is 0.694 bits per heavy atom. The fourth-order valence-corrected chi connectivity index (χ4v) is 32.2. The van der Waals surface area contributed by atoms with Crippen molar-refractivity contribution in [1.82, 2.24) is 10.8 Å². The lowest BCUT2D eigenvalue weighted by molar-refractivity contribution is -0.258. The Morgan fingerprint density at radius 3 is 1.06 bits per heavy atom. The van der Waals surface area contributed by atoms with Crippen molar-refractivity contribution in [2.24, 2.45) is 23.3 Å². The lowest BCUT2D eigenvalue weighted by Crippen LogP contribution is -2.44. The van der Waals surface area contributed by atoms with Gasteiger partial charge in [-0.2, -0.15) is 0 Å². The van der Waals surface area contributed by atoms with Crippen molar-refractivity contribution in [3.63, 3.8) is 0 Å². The molecule has 0 atom stereocenters. The molecule has 0 aliphatic rings. The number of nitrogen functional groups attached to an aromatic ring is 2. The van der Waals surface area contributed by atoms with Crippen LogP contribution in [0.2, 0.25) is 76.6 Å². The van der Waals surface area contributed by atoms with Crippen molar-refractivity contribution >= 4 is 116 Å². The predicted octanol–water partition coefficient (Wildman–Crippen LogP) is 18.7. The van der Waals surface area contributed by atoms with Gasteiger partial charge in [0.25, 0.3) is 11.8 Å². The first-order valence-corrected chi connectivity index (χ1v) is 59.7. The number of rotatable bonds is 52. The molecule has 792 valence electrons. The molecule has 20 N–H and O–H groups in total. The van der Waals surface area contributed by atoms with Crippen LogP contribution in [0.1, 0.15) is 210 Å². The van der Waals surface area contributed by atoms with Crippen LogP contribution in [0.15, 0.2) is 146 Å². The minimum atomic E-state index is -1.86. The van der Waals surface area contributed by atoms with Crippen molar-refractivity contribution in [1.29, 1.82) is 0 Å². The highest BCUT2D eigenvalue weighted by Gasteiger charge is 2.34. The number of hydrogen-bond acceptors (Lipinski definition) is 32. The lowest BCUT2D eigenvalue weighted by Gasteiger charge is -2.34. The number of carboxylic acids is 4. The topological polar surface area (TPSA) is 596 Å². The van der Waals surface area contributed by atoms with Crippen LogP contribution in [0.3, 0.4) is 0 Å². The number of methoxy groups -OCH3 is 1. The number of unbranched alkanes of at least 4 members (excludes halogenated alkanes) is 2. The maximum absolute atomic E-state index is 13.4. The first-order chi connectivity index (χ1) is 68.1. The largest absolute Gasteiger partial charge is 0.478 e. The van der Waals surface area contributed by atoms with Crippen molar-refractivity contribution < 1.29 is 146 Å². The summed E-state index contributed by atoms with van der Waals surface area (Å²) in [6.45, 7) is 33.6. The van der Waals surface area contributed by atoms with Gasteiger partial charge in [0, 0.05) is 50.5 Å². The fourth-order valence-electron chi connectivity index (χ4n) is 14.3. The molecule has 0 aromatic heterocycles. The minimum absolute atomic E-state index is 0.00794. The van der Waals surface area contributed by atoms with Gasteiger partial charge in [-0.1, -0.05) is 129 Å². The van der Waals surface area contributed by atoms with Crippen LogP contribution >= 0.6 is 0 Å². The van der Waals surface area contributed by atoms with Crippen LogP contribution in [0, 0.1) is 11.8 Å². The third kappa shape index (κ3) is 46.0. The standard InChI is InChI=1S/C31H35N3O10.C28H43NO7Si2.C16H14O8.C13H18N2O4.C10H28N2OSi2.C4H10/c1-18(2)30(38)41-9-10-42-31(39)22-12-24(32-3)15-25(13-22)34-28(35)27-14-20(7-8-26(27)29(36)37)19-5-6-21(17-44-40)23(11-19)16-43-33-4;1-7-8-15-37(3,4)36-38(5,6)16-9-14-29-27(30)26-18-22(12-13-25(26)28(31)32)21-10-11-23(20-35-33)24(17-21)19-34-2;17-15(18)13-4-3-10(6-14(13)16(19)20)9-1-2-11(7-23-21)12(5-9)8-24-22;1-8(2)12(16)18-3-4-19-13(17)9-5-10(14)7-11(15)6-9;1-14(2,9-5-7-11)13-15(3,4)10-6-8-12;1-3-4-2/h5-8,11-15,18,32-33,40H,9-10,16-17H2,1-4H3,(H,34,35)(H,36,37);10-13,17-18,33H,7-9,14-16,19-20H2,1-6H3,(H,29,30)(H,31,32);1-6,21-22H,7-8H2,(H,17,18)(H,19,20);5-8H,3-4,14-15H2,1-2H3;5-12H2,1-4H3;3-4H2,1-2H3. The number of esters is 4. The quantitative estimate of drug-likeness (QED) is 0.00320. The molecule has 2 amide bonds. The number of nitrogens with one attached hydrogen (secondary N) is 4. The number of carbonyl (C=O) groups excluding carboxylic acids is 6. The summed E-state index contributed by atoms with van der Waals surface area (Å²) < 4.78 is 38.3. The van der Waals surface area contributed by atoms with Crippen molar-refractivity contribution in [2.75, 3.05) is 89.4 Å². The first kappa shape index (κ1) is 126. The van der Waals surface area contributed by atoms with E-state index in [1.807, 2.05) is 18.2 Å². The Balaban J connectivity index is 0.000000481. The van der Waals surface area contributed by atoms with E-state index >= 15 is 0 Å². The summed E-state index contributed by atoms with van der Waals surface area (Å²) in [5, 5.41) is 81.2. The van der Waals surface area contributed by atoms with E-state index in [0.717, 1.165) is 61.1 Å². The Hall–Kier alpha value is -11.9. The Bertz CT molecular complexity index is 5410. The maximum atomic E-state index is 13.4. The van der Waals surface area contributed by atoms with E-state index in [4.69, 9.17) is 85.8 Å². The van der Waals surface area contributed by atoms with Crippen LogP contribution in [0.25, 0.3) is 33.4 Å². The molecule has 0 fully saturated rings. The second-order valence-corrected chi connectivity index (χ2v) is 54.0. The van der Waals surface area contributed by atoms with Crippen molar-refractivity contribution in [3.8, 4) is 33.4 Å². The molecule has 0 aliphatic carbocycles. The Kier molecular flexibility index (Phi) is 57.4. The molecule has 0 unspecified atom stereocenters. The van der Waals surface area contributed by atoms with Crippen LogP contribution in [-0.2, 0) is 106 Å². The van der Waals surface area contributed by atoms with Gasteiger partial charge in [0.05, 0.1) is 69.6 Å². The Morgan fingerprint density at radius 1 is 0.361 bits per heavy atom. The molecule has 8 rings (SSSR count). The second kappa shape index (κ2) is 65.5. The number of ether oxygens (including phenoxy) is 5. The first-order valence-electron chi connectivity index (χ1n) is 47.2. The van der Waals surface area contributed by atoms with E-state index < -0.39 is 86.9 Å². The SMILES string of the molecule is CC(C)C(=O)OCCOC(=O)c1cc(N)cc(N)c1.CCCC.CCCC[Si](C)(C)O[Si](C)(C)CCCNC(=O)c1cc(-c2ccc(COO)c(COC)c2)ccc1C(=O)O.CNOCc1cc(-c2ccc(C(=O)O)c(C(=O)Nc3cc(NC)cc(C(=O)OCCOC(=O)C(C)C)c3)c2)ccc1COO.C[Si](C)(CCCN)O[Si](C)(C)CCCN.O=C(O)c1ccc(-c2ccc(COO)c(COO)c2)cc1C(=O)O. The number of carbonyl (C=O) groups is 10. The highest BCUT2D eigenvalue weighted by molar-refractivity contribution is 6.85. The van der Waals surface area contributed by atoms with Crippen LogP contribution in [0.4, 0.5) is 22.7 Å². The summed E-state index contributed by atoms with van der Waals surface area (Å²) in [5.74, 6) is -8.79. The number of amides is 2. The zero-order valence-electron chi connectivity index (χ0n) is 85.9. The monoisotopic (exact) mass is 2080 g/mol. The fraction of sp³-hybridized carbons (Fsp3) is 0.431. The molecule has 144 heavy (non-hydrogen) atoms. The van der Waals surface area contributed by atoms with Gasteiger partial charge in [-0.3, -0.25) is 45.0 Å². The van der Waals surface area contributed by atoms with E-state index in [1.54, 1.807) is 116 Å². The molecule has 0 spiro atoms. The summed E-state index contributed by atoms with van der Waals surface area (Å²) in [6.07, 6.45) is 7.98. The zero-order chi connectivity index (χ0) is 108. The highest BCUT2D eigenvalue weighted by Crippen LogP contribution is 2.33. The molecule has 8 aromatic carbocycles. The van der Waals surface area contributed by atoms with E-state index in [-0.39, 0.29) is 127 Å². The number of anilines is 4. The summed E-state index contributed by atoms with van der Waals surface area (Å²) in [6, 6.07) is 42.1. The normalized spacial score (nSPS) is 11.2. The van der Waals surface area contributed by atoms with E-state index in [9.17, 15) is 63.3 Å². The van der Waals surface area contributed by atoms with Gasteiger partial charge >= 0.3 is 47.8 Å². The van der Waals surface area contributed by atoms with E-state index in [2.05, 4.69) is 114 Å². The van der Waals surface area contributed by atoms with Crippen molar-refractivity contribution in [2.45, 2.75) is 210 Å². The molecule has 0 heterocycles. The third-order valence-electron chi connectivity index (χ3n) is 21.6. The van der Waals surface area contributed by atoms with Gasteiger partial charge in [-0.05, 0) is 267 Å². The molecule has 0 saturated carbocycles. The number of hydrogen-bond donors (Lipinski definition) is 16. The van der Waals surface area contributed by atoms with Crippen LogP contribution < -0.4 is 44.4 Å². The van der Waals surface area contributed by atoms with Gasteiger partial charge < -0.3 is 91.2 Å². The summed E-state index contributed by atoms with van der Waals surface area (Å²) in [7, 11) is -1.68.